The van der Waals surface area contributed by atoms with E-state index in [9.17, 15) is 26.8 Å². The minimum absolute atomic E-state index is 0.00431. The highest BCUT2D eigenvalue weighted by atomic mass is 32.2. The first-order chi connectivity index (χ1) is 10.8. The van der Waals surface area contributed by atoms with E-state index in [1.54, 1.807) is 0 Å². The maximum atomic E-state index is 13.6. The fraction of sp³-hybridized carbons (Fsp3) is 0. The van der Waals surface area contributed by atoms with Crippen molar-refractivity contribution >= 4 is 21.9 Å². The highest BCUT2D eigenvalue weighted by Crippen LogP contribution is 2.26. The van der Waals surface area contributed by atoms with Gasteiger partial charge < -0.3 is 0 Å². The van der Waals surface area contributed by atoms with Crippen LogP contribution in [0.3, 0.4) is 0 Å². The molecule has 3 rings (SSSR count). The van der Waals surface area contributed by atoms with Crippen LogP contribution in [0.15, 0.2) is 47.4 Å². The Bertz CT molecular complexity index is 907. The van der Waals surface area contributed by atoms with Crippen LogP contribution in [0, 0.1) is 11.6 Å². The van der Waals surface area contributed by atoms with Crippen molar-refractivity contribution in [1.82, 2.24) is 5.06 Å². The maximum Gasteiger partial charge on any atom is 0.321 e. The van der Waals surface area contributed by atoms with Gasteiger partial charge in [-0.05, 0) is 24.3 Å². The van der Waals surface area contributed by atoms with Crippen LogP contribution in [0.25, 0.3) is 0 Å². The van der Waals surface area contributed by atoms with Crippen LogP contribution >= 0.6 is 0 Å². The molecule has 23 heavy (non-hydrogen) atoms. The van der Waals surface area contributed by atoms with Crippen molar-refractivity contribution in [2.24, 2.45) is 0 Å². The Labute approximate surface area is 129 Å². The summed E-state index contributed by atoms with van der Waals surface area (Å²) < 4.78 is 55.2. The summed E-state index contributed by atoms with van der Waals surface area (Å²) in [5.41, 5.74) is -0.0974. The molecule has 9 heteroatoms. The quantitative estimate of drug-likeness (QED) is 0.798. The number of halogens is 2. The first kappa shape index (κ1) is 15.3. The van der Waals surface area contributed by atoms with Gasteiger partial charge in [0.05, 0.1) is 11.1 Å². The van der Waals surface area contributed by atoms with Crippen LogP contribution in [0.1, 0.15) is 20.7 Å². The normalized spacial score (nSPS) is 14.3. The van der Waals surface area contributed by atoms with E-state index in [-0.39, 0.29) is 16.2 Å². The third-order valence-corrected chi connectivity index (χ3v) is 4.31. The molecule has 1 heterocycles. The monoisotopic (exact) mass is 339 g/mol. The van der Waals surface area contributed by atoms with Gasteiger partial charge in [0.15, 0.2) is 11.6 Å². The van der Waals surface area contributed by atoms with Crippen molar-refractivity contribution in [3.8, 4) is 0 Å². The second-order valence-electron chi connectivity index (χ2n) is 4.53. The summed E-state index contributed by atoms with van der Waals surface area (Å²) in [6.07, 6.45) is 0. The van der Waals surface area contributed by atoms with E-state index >= 15 is 0 Å². The van der Waals surface area contributed by atoms with E-state index in [0.717, 1.165) is 18.2 Å². The molecule has 0 N–H and O–H groups in total. The molecule has 0 unspecified atom stereocenters. The van der Waals surface area contributed by atoms with Gasteiger partial charge in [0, 0.05) is 0 Å². The van der Waals surface area contributed by atoms with Gasteiger partial charge in [-0.25, -0.2) is 8.78 Å². The van der Waals surface area contributed by atoms with E-state index in [1.807, 2.05) is 0 Å². The first-order valence-corrected chi connectivity index (χ1v) is 7.60. The van der Waals surface area contributed by atoms with E-state index in [0.29, 0.717) is 0 Å². The maximum absolute atomic E-state index is 13.6. The summed E-state index contributed by atoms with van der Waals surface area (Å²) in [5.74, 6) is -5.09. The molecule has 0 spiro atoms. The number of nitrogens with zero attached hydrogens (tertiary/aromatic N) is 1. The van der Waals surface area contributed by atoms with Crippen molar-refractivity contribution in [2.75, 3.05) is 0 Å². The van der Waals surface area contributed by atoms with E-state index < -0.39 is 38.5 Å². The highest BCUT2D eigenvalue weighted by Gasteiger charge is 2.40. The molecule has 0 atom stereocenters. The van der Waals surface area contributed by atoms with Crippen LogP contribution in [-0.2, 0) is 14.4 Å². The molecule has 0 aromatic heterocycles. The van der Waals surface area contributed by atoms with Crippen molar-refractivity contribution < 1.29 is 31.1 Å². The fourth-order valence-electron chi connectivity index (χ4n) is 2.05. The Morgan fingerprint density at radius 3 is 2.00 bits per heavy atom. The van der Waals surface area contributed by atoms with Gasteiger partial charge in [-0.2, -0.15) is 8.42 Å². The first-order valence-electron chi connectivity index (χ1n) is 6.19. The predicted octanol–water partition coefficient (Wildman–Crippen LogP) is 1.88. The van der Waals surface area contributed by atoms with Gasteiger partial charge in [0.1, 0.15) is 4.90 Å². The second kappa shape index (κ2) is 5.21. The Kier molecular flexibility index (Phi) is 3.46. The summed E-state index contributed by atoms with van der Waals surface area (Å²) in [6.45, 7) is 0. The molecule has 2 aromatic rings. The molecule has 1 aliphatic heterocycles. The summed E-state index contributed by atoms with van der Waals surface area (Å²) in [4.78, 5) is 22.9. The Hall–Kier alpha value is -2.65. The van der Waals surface area contributed by atoms with Crippen LogP contribution < -0.4 is 0 Å². The number of benzene rings is 2. The fourth-order valence-corrected chi connectivity index (χ4v) is 3.02. The van der Waals surface area contributed by atoms with Crippen molar-refractivity contribution in [1.29, 1.82) is 0 Å². The molecule has 0 fully saturated rings. The predicted molar refractivity (Wildman–Crippen MR) is 71.6 cm³/mol. The number of hydrogen-bond acceptors (Lipinski definition) is 5. The Morgan fingerprint density at radius 2 is 1.43 bits per heavy atom. The van der Waals surface area contributed by atoms with Crippen LogP contribution in [-0.4, -0.2) is 25.3 Å². The number of hydroxylamine groups is 2. The number of imide groups is 1. The van der Waals surface area contributed by atoms with Gasteiger partial charge >= 0.3 is 10.1 Å². The molecule has 2 amide bonds. The molecular weight excluding hydrogens is 332 g/mol. The zero-order valence-electron chi connectivity index (χ0n) is 11.2. The van der Waals surface area contributed by atoms with Crippen LogP contribution in [0.5, 0.6) is 0 Å². The molecule has 0 saturated carbocycles. The minimum atomic E-state index is -4.91. The number of fused-ring (bicyclic) bond motifs is 1. The summed E-state index contributed by atoms with van der Waals surface area (Å²) >= 11 is 0. The largest absolute Gasteiger partial charge is 0.321 e. The third-order valence-electron chi connectivity index (χ3n) is 3.11. The van der Waals surface area contributed by atoms with E-state index in [2.05, 4.69) is 4.28 Å². The molecule has 2 aromatic carbocycles. The van der Waals surface area contributed by atoms with Gasteiger partial charge in [-0.15, -0.1) is 9.35 Å². The number of carbonyl (C=O) groups excluding carboxylic acids is 2. The van der Waals surface area contributed by atoms with Crippen molar-refractivity contribution in [3.05, 3.63) is 65.2 Å². The topological polar surface area (TPSA) is 80.8 Å². The summed E-state index contributed by atoms with van der Waals surface area (Å²) in [7, 11) is -4.91. The number of amides is 2. The Balaban J connectivity index is 1.98. The lowest BCUT2D eigenvalue weighted by Gasteiger charge is -2.13. The summed E-state index contributed by atoms with van der Waals surface area (Å²) in [5, 5.41) is 0.00431. The second-order valence-corrected chi connectivity index (χ2v) is 6.03. The van der Waals surface area contributed by atoms with Gasteiger partial charge in [-0.1, -0.05) is 18.2 Å². The van der Waals surface area contributed by atoms with Gasteiger partial charge in [0.2, 0.25) is 0 Å². The molecule has 0 aliphatic carbocycles. The highest BCUT2D eigenvalue weighted by molar-refractivity contribution is 7.86. The SMILES string of the molecule is O=C1c2ccccc2C(=O)N1OS(=O)(=O)c1cccc(F)c1F. The average Bonchev–Trinajstić information content (AvgIpc) is 2.75. The van der Waals surface area contributed by atoms with Crippen molar-refractivity contribution in [3.63, 3.8) is 0 Å². The minimum Gasteiger partial charge on any atom is -0.266 e. The lowest BCUT2D eigenvalue weighted by molar-refractivity contribution is -0.0105. The zero-order chi connectivity index (χ0) is 16.8. The number of rotatable bonds is 3. The lowest BCUT2D eigenvalue weighted by Crippen LogP contribution is -2.33. The van der Waals surface area contributed by atoms with Crippen LogP contribution in [0.4, 0.5) is 8.78 Å². The molecule has 118 valence electrons. The van der Waals surface area contributed by atoms with E-state index in [4.69, 9.17) is 0 Å². The third kappa shape index (κ3) is 2.39. The van der Waals surface area contributed by atoms with Gasteiger partial charge in [0.25, 0.3) is 11.8 Å². The van der Waals surface area contributed by atoms with E-state index in [1.165, 1.54) is 24.3 Å². The standard InChI is InChI=1S/C14H7F2NO5S/c15-10-6-3-7-11(12(10)16)23(20,21)22-17-13(18)8-4-1-2-5-9(8)14(17)19/h1-7H. The molecule has 0 saturated heterocycles. The zero-order valence-corrected chi connectivity index (χ0v) is 12.0. The molecule has 1 aliphatic rings. The van der Waals surface area contributed by atoms with Gasteiger partial charge in [-0.3, -0.25) is 9.59 Å². The smallest absolute Gasteiger partial charge is 0.266 e. The number of carbonyl (C=O) groups is 2. The van der Waals surface area contributed by atoms with Crippen molar-refractivity contribution in [2.45, 2.75) is 4.90 Å². The molecule has 6 nitrogen and oxygen atoms in total. The van der Waals surface area contributed by atoms with Crippen LogP contribution in [0.2, 0.25) is 0 Å². The number of hydrogen-bond donors (Lipinski definition) is 0. The average molecular weight is 339 g/mol. The molecular formula is C14H7F2NO5S. The lowest BCUT2D eigenvalue weighted by atomic mass is 10.1. The molecule has 0 bridgehead atoms. The summed E-state index contributed by atoms with van der Waals surface area (Å²) in [6, 6.07) is 8.02. The molecule has 0 radical (unpaired) electrons. The Morgan fingerprint density at radius 1 is 0.870 bits per heavy atom.